The van der Waals surface area contributed by atoms with Crippen LogP contribution in [0.25, 0.3) is 10.2 Å². The Morgan fingerprint density at radius 2 is 2.12 bits per heavy atom. The molecule has 2 aromatic heterocycles. The van der Waals surface area contributed by atoms with Gasteiger partial charge in [0, 0.05) is 11.4 Å². The molecule has 4 rings (SSSR count). The molecule has 1 amide bonds. The van der Waals surface area contributed by atoms with E-state index in [-0.39, 0.29) is 18.3 Å². The Bertz CT molecular complexity index is 942. The number of halogens is 1. The van der Waals surface area contributed by atoms with E-state index in [9.17, 15) is 9.18 Å². The zero-order valence-corrected chi connectivity index (χ0v) is 14.1. The summed E-state index contributed by atoms with van der Waals surface area (Å²) in [5, 5.41) is 0.914. The molecule has 1 aliphatic heterocycles. The first-order valence-corrected chi connectivity index (χ1v) is 8.60. The Morgan fingerprint density at radius 3 is 2.92 bits per heavy atom. The fraction of sp³-hybridized carbons (Fsp3) is 0.235. The summed E-state index contributed by atoms with van der Waals surface area (Å²) < 4.78 is 18.3. The smallest absolute Gasteiger partial charge is 0.260 e. The standard InChI is InChI=1S/C17H15FN4O2S/c18-10-1-3-11(4-2-10)24-8-14(23)22-6-5-12-13(7-22)25-17-15(12)16(19)20-9-21-17/h1-4,9H,5-8H2,(H2,19,20,21). The van der Waals surface area contributed by atoms with E-state index in [1.807, 2.05) is 0 Å². The molecule has 2 N–H and O–H groups in total. The third-order valence-corrected chi connectivity index (χ3v) is 5.32. The first-order chi connectivity index (χ1) is 12.1. The van der Waals surface area contributed by atoms with E-state index in [1.165, 1.54) is 30.6 Å². The molecule has 6 nitrogen and oxygen atoms in total. The topological polar surface area (TPSA) is 81.3 Å². The van der Waals surface area contributed by atoms with E-state index in [2.05, 4.69) is 9.97 Å². The van der Waals surface area contributed by atoms with Gasteiger partial charge in [-0.3, -0.25) is 4.79 Å². The number of anilines is 1. The van der Waals surface area contributed by atoms with Gasteiger partial charge in [-0.25, -0.2) is 14.4 Å². The van der Waals surface area contributed by atoms with Crippen molar-refractivity contribution in [1.82, 2.24) is 14.9 Å². The highest BCUT2D eigenvalue weighted by atomic mass is 32.1. The van der Waals surface area contributed by atoms with Crippen molar-refractivity contribution in [2.24, 2.45) is 0 Å². The number of thiophene rings is 1. The van der Waals surface area contributed by atoms with Gasteiger partial charge in [-0.05, 0) is 36.2 Å². The molecule has 0 unspecified atom stereocenters. The number of benzene rings is 1. The van der Waals surface area contributed by atoms with Crippen LogP contribution in [0.2, 0.25) is 0 Å². The molecule has 0 saturated heterocycles. The minimum absolute atomic E-state index is 0.0756. The minimum atomic E-state index is -0.339. The van der Waals surface area contributed by atoms with Crippen molar-refractivity contribution in [2.75, 3.05) is 18.9 Å². The highest BCUT2D eigenvalue weighted by Crippen LogP contribution is 2.36. The second-order valence-corrected chi connectivity index (χ2v) is 6.83. The molecule has 0 radical (unpaired) electrons. The normalized spacial score (nSPS) is 13.7. The number of nitrogens with two attached hydrogens (primary N) is 1. The predicted molar refractivity (Wildman–Crippen MR) is 92.8 cm³/mol. The molecule has 1 aliphatic rings. The van der Waals surface area contributed by atoms with Gasteiger partial charge in [0.15, 0.2) is 6.61 Å². The van der Waals surface area contributed by atoms with Crippen LogP contribution in [0.15, 0.2) is 30.6 Å². The zero-order valence-electron chi connectivity index (χ0n) is 13.2. The molecule has 8 heteroatoms. The molecule has 0 atom stereocenters. The number of carbonyl (C=O) groups excluding carboxylic acids is 1. The van der Waals surface area contributed by atoms with Gasteiger partial charge >= 0.3 is 0 Å². The summed E-state index contributed by atoms with van der Waals surface area (Å²) in [7, 11) is 0. The monoisotopic (exact) mass is 358 g/mol. The second kappa shape index (κ2) is 6.29. The Balaban J connectivity index is 1.46. The summed E-state index contributed by atoms with van der Waals surface area (Å²) in [4.78, 5) is 24.4. The highest BCUT2D eigenvalue weighted by Gasteiger charge is 2.26. The summed E-state index contributed by atoms with van der Waals surface area (Å²) in [6.07, 6.45) is 2.17. The maximum absolute atomic E-state index is 12.9. The van der Waals surface area contributed by atoms with Gasteiger partial charge < -0.3 is 15.4 Å². The van der Waals surface area contributed by atoms with Crippen molar-refractivity contribution in [3.8, 4) is 5.75 Å². The molecule has 3 aromatic rings. The molecule has 0 fully saturated rings. The number of fused-ring (bicyclic) bond motifs is 3. The van der Waals surface area contributed by atoms with Gasteiger partial charge in [0.25, 0.3) is 5.91 Å². The number of carbonyl (C=O) groups is 1. The number of amides is 1. The van der Waals surface area contributed by atoms with Gasteiger partial charge in [0.2, 0.25) is 0 Å². The van der Waals surface area contributed by atoms with Crippen LogP contribution in [0, 0.1) is 5.82 Å². The van der Waals surface area contributed by atoms with Crippen LogP contribution in [-0.2, 0) is 17.8 Å². The summed E-state index contributed by atoms with van der Waals surface area (Å²) in [6, 6.07) is 5.61. The molecule has 0 bridgehead atoms. The second-order valence-electron chi connectivity index (χ2n) is 5.75. The lowest BCUT2D eigenvalue weighted by Gasteiger charge is -2.27. The quantitative estimate of drug-likeness (QED) is 0.777. The van der Waals surface area contributed by atoms with Crippen LogP contribution in [0.1, 0.15) is 10.4 Å². The van der Waals surface area contributed by atoms with Gasteiger partial charge in [-0.1, -0.05) is 0 Å². The molecule has 128 valence electrons. The van der Waals surface area contributed by atoms with Crippen molar-refractivity contribution in [3.63, 3.8) is 0 Å². The van der Waals surface area contributed by atoms with Crippen molar-refractivity contribution in [2.45, 2.75) is 13.0 Å². The highest BCUT2D eigenvalue weighted by molar-refractivity contribution is 7.19. The fourth-order valence-electron chi connectivity index (χ4n) is 2.93. The van der Waals surface area contributed by atoms with Crippen molar-refractivity contribution in [3.05, 3.63) is 46.9 Å². The number of rotatable bonds is 3. The Morgan fingerprint density at radius 1 is 1.32 bits per heavy atom. The Kier molecular flexibility index (Phi) is 3.96. The fourth-order valence-corrected chi connectivity index (χ4v) is 4.14. The van der Waals surface area contributed by atoms with E-state index in [0.717, 1.165) is 27.1 Å². The van der Waals surface area contributed by atoms with Gasteiger partial charge in [0.05, 0.1) is 11.9 Å². The van der Waals surface area contributed by atoms with Crippen LogP contribution < -0.4 is 10.5 Å². The maximum Gasteiger partial charge on any atom is 0.260 e. The number of ether oxygens (including phenoxy) is 1. The summed E-state index contributed by atoms with van der Waals surface area (Å²) in [5.74, 6) is 0.514. The van der Waals surface area contributed by atoms with Gasteiger partial charge in [0.1, 0.15) is 28.5 Å². The minimum Gasteiger partial charge on any atom is -0.484 e. The van der Waals surface area contributed by atoms with Gasteiger partial charge in [-0.15, -0.1) is 11.3 Å². The van der Waals surface area contributed by atoms with Crippen LogP contribution in [0.5, 0.6) is 5.75 Å². The third-order valence-electron chi connectivity index (χ3n) is 4.19. The zero-order chi connectivity index (χ0) is 17.4. The first kappa shape index (κ1) is 15.8. The average Bonchev–Trinajstić information content (AvgIpc) is 3.00. The molecule has 0 spiro atoms. The number of hydrogen-bond acceptors (Lipinski definition) is 6. The van der Waals surface area contributed by atoms with E-state index in [0.29, 0.717) is 24.7 Å². The maximum atomic E-state index is 12.9. The van der Waals surface area contributed by atoms with Crippen LogP contribution in [0.3, 0.4) is 0 Å². The van der Waals surface area contributed by atoms with E-state index in [1.54, 1.807) is 16.2 Å². The predicted octanol–water partition coefficient (Wildman–Crippen LogP) is 2.38. The summed E-state index contributed by atoms with van der Waals surface area (Å²) in [5.41, 5.74) is 7.11. The van der Waals surface area contributed by atoms with Crippen LogP contribution in [-0.4, -0.2) is 33.9 Å². The van der Waals surface area contributed by atoms with Crippen molar-refractivity contribution < 1.29 is 13.9 Å². The third kappa shape index (κ3) is 3.00. The largest absolute Gasteiger partial charge is 0.484 e. The molecular weight excluding hydrogens is 343 g/mol. The molecule has 0 aliphatic carbocycles. The SMILES string of the molecule is Nc1ncnc2sc3c(c12)CCN(C(=O)COc1ccc(F)cc1)C3. The van der Waals surface area contributed by atoms with E-state index in [4.69, 9.17) is 10.5 Å². The Hall–Kier alpha value is -2.74. The lowest BCUT2D eigenvalue weighted by Crippen LogP contribution is -2.38. The molecule has 25 heavy (non-hydrogen) atoms. The summed E-state index contributed by atoms with van der Waals surface area (Å²) >= 11 is 1.54. The van der Waals surface area contributed by atoms with Crippen molar-refractivity contribution >= 4 is 33.3 Å². The molecule has 1 aromatic carbocycles. The number of nitrogens with zero attached hydrogens (tertiary/aromatic N) is 3. The van der Waals surface area contributed by atoms with Crippen LogP contribution in [0.4, 0.5) is 10.2 Å². The Labute approximate surface area is 147 Å². The molecular formula is C17H15FN4O2S. The lowest BCUT2D eigenvalue weighted by atomic mass is 10.1. The number of hydrogen-bond donors (Lipinski definition) is 1. The van der Waals surface area contributed by atoms with E-state index >= 15 is 0 Å². The average molecular weight is 358 g/mol. The van der Waals surface area contributed by atoms with E-state index < -0.39 is 0 Å². The number of nitrogen functional groups attached to an aromatic ring is 1. The summed E-state index contributed by atoms with van der Waals surface area (Å²) in [6.45, 7) is 1.04. The van der Waals surface area contributed by atoms with Crippen molar-refractivity contribution in [1.29, 1.82) is 0 Å². The number of aromatic nitrogens is 2. The first-order valence-electron chi connectivity index (χ1n) is 7.78. The van der Waals surface area contributed by atoms with Gasteiger partial charge in [-0.2, -0.15) is 0 Å². The lowest BCUT2D eigenvalue weighted by molar-refractivity contribution is -0.134. The molecule has 3 heterocycles. The molecule has 0 saturated carbocycles. The van der Waals surface area contributed by atoms with Crippen LogP contribution >= 0.6 is 11.3 Å².